The average Bonchev–Trinajstić information content (AvgIpc) is 3.03. The van der Waals surface area contributed by atoms with Crippen LogP contribution in [0.1, 0.15) is 43.6 Å². The zero-order valence-corrected chi connectivity index (χ0v) is 17.0. The van der Waals surface area contributed by atoms with Gasteiger partial charge in [-0.25, -0.2) is 14.2 Å². The number of likely N-dealkylation sites (N-methyl/N-ethyl adjacent to an activating group) is 2. The number of aromatic nitrogens is 1. The van der Waals surface area contributed by atoms with Crippen LogP contribution in [0.25, 0.3) is 11.1 Å². The van der Waals surface area contributed by atoms with Crippen molar-refractivity contribution in [3.8, 4) is 0 Å². The van der Waals surface area contributed by atoms with Crippen molar-refractivity contribution >= 4 is 28.7 Å². The third-order valence-electron chi connectivity index (χ3n) is 5.76. The molecule has 4 rings (SSSR count). The minimum atomic E-state index is -0.639. The number of anilines is 1. The fourth-order valence-corrected chi connectivity index (χ4v) is 4.34. The maximum atomic E-state index is 14.9. The lowest BCUT2D eigenvalue weighted by Crippen LogP contribution is -2.53. The molecule has 0 saturated heterocycles. The Hall–Kier alpha value is -2.68. The Balaban J connectivity index is 1.73. The van der Waals surface area contributed by atoms with Gasteiger partial charge in [0.05, 0.1) is 24.3 Å². The standard InChI is InChI=1S/C20H26FN5O3/c1-25(2)15(27)11-26(3)10-14-22-13-9-12(21)17-16(18(13)29-14)20(24-19(28)23-17)7-5-4-6-8-20/h9H,4-8,10-11H2,1-3H3,(H2,23,24,28). The van der Waals surface area contributed by atoms with Crippen LogP contribution in [-0.4, -0.2) is 54.4 Å². The van der Waals surface area contributed by atoms with E-state index >= 15 is 0 Å². The van der Waals surface area contributed by atoms with E-state index in [1.54, 1.807) is 26.0 Å². The zero-order chi connectivity index (χ0) is 20.8. The highest BCUT2D eigenvalue weighted by atomic mass is 19.1. The normalized spacial score (nSPS) is 17.9. The van der Waals surface area contributed by atoms with Gasteiger partial charge in [-0.1, -0.05) is 19.3 Å². The van der Waals surface area contributed by atoms with Crippen molar-refractivity contribution in [2.75, 3.05) is 33.0 Å². The van der Waals surface area contributed by atoms with Crippen LogP contribution in [-0.2, 0) is 16.9 Å². The summed E-state index contributed by atoms with van der Waals surface area (Å²) < 4.78 is 20.9. The number of carbonyl (C=O) groups excluding carboxylic acids is 2. The Morgan fingerprint density at radius 1 is 1.28 bits per heavy atom. The number of hydrogen-bond donors (Lipinski definition) is 2. The molecule has 2 heterocycles. The van der Waals surface area contributed by atoms with Crippen molar-refractivity contribution in [1.29, 1.82) is 0 Å². The van der Waals surface area contributed by atoms with E-state index in [0.29, 0.717) is 29.1 Å². The van der Waals surface area contributed by atoms with Gasteiger partial charge in [-0.15, -0.1) is 0 Å². The molecule has 2 aromatic rings. The van der Waals surface area contributed by atoms with Crippen molar-refractivity contribution in [3.05, 3.63) is 23.3 Å². The molecule has 1 spiro atoms. The van der Waals surface area contributed by atoms with Crippen LogP contribution in [0, 0.1) is 5.82 Å². The number of halogens is 1. The number of amides is 3. The summed E-state index contributed by atoms with van der Waals surface area (Å²) in [4.78, 5) is 31.9. The van der Waals surface area contributed by atoms with Gasteiger partial charge in [0.1, 0.15) is 11.3 Å². The van der Waals surface area contributed by atoms with E-state index in [2.05, 4.69) is 15.6 Å². The highest BCUT2D eigenvalue weighted by Gasteiger charge is 2.44. The average molecular weight is 403 g/mol. The molecule has 156 valence electrons. The second-order valence-corrected chi connectivity index (χ2v) is 8.25. The van der Waals surface area contributed by atoms with E-state index in [1.165, 1.54) is 11.0 Å². The number of fused-ring (bicyclic) bond motifs is 4. The molecule has 1 aromatic carbocycles. The van der Waals surface area contributed by atoms with Gasteiger partial charge in [0, 0.05) is 25.7 Å². The van der Waals surface area contributed by atoms with Crippen molar-refractivity contribution in [3.63, 3.8) is 0 Å². The van der Waals surface area contributed by atoms with Gasteiger partial charge in [-0.05, 0) is 19.9 Å². The summed E-state index contributed by atoms with van der Waals surface area (Å²) in [5, 5.41) is 5.64. The molecule has 2 aliphatic rings. The summed E-state index contributed by atoms with van der Waals surface area (Å²) in [7, 11) is 5.21. The number of nitrogens with zero attached hydrogens (tertiary/aromatic N) is 3. The number of hydrogen-bond acceptors (Lipinski definition) is 5. The molecule has 29 heavy (non-hydrogen) atoms. The van der Waals surface area contributed by atoms with E-state index in [4.69, 9.17) is 4.42 Å². The number of nitrogens with one attached hydrogen (secondary N) is 2. The van der Waals surface area contributed by atoms with Crippen LogP contribution in [0.15, 0.2) is 10.5 Å². The number of carbonyl (C=O) groups is 2. The first-order chi connectivity index (χ1) is 13.8. The minimum Gasteiger partial charge on any atom is -0.439 e. The number of oxazole rings is 1. The number of urea groups is 1. The summed E-state index contributed by atoms with van der Waals surface area (Å²) in [5.41, 5.74) is 1.11. The smallest absolute Gasteiger partial charge is 0.320 e. The van der Waals surface area contributed by atoms with Crippen molar-refractivity contribution in [2.24, 2.45) is 0 Å². The maximum Gasteiger partial charge on any atom is 0.320 e. The molecule has 0 radical (unpaired) electrons. The molecule has 0 atom stereocenters. The lowest BCUT2D eigenvalue weighted by atomic mass is 9.74. The lowest BCUT2D eigenvalue weighted by molar-refractivity contribution is -0.129. The summed E-state index contributed by atoms with van der Waals surface area (Å²) in [6.45, 7) is 0.539. The summed E-state index contributed by atoms with van der Waals surface area (Å²) >= 11 is 0. The number of rotatable bonds is 4. The van der Waals surface area contributed by atoms with Gasteiger partial charge >= 0.3 is 6.03 Å². The second kappa shape index (κ2) is 7.29. The molecule has 3 amide bonds. The van der Waals surface area contributed by atoms with E-state index in [9.17, 15) is 14.0 Å². The van der Waals surface area contributed by atoms with Gasteiger partial charge in [-0.2, -0.15) is 0 Å². The third-order valence-corrected chi connectivity index (χ3v) is 5.76. The second-order valence-electron chi connectivity index (χ2n) is 8.25. The molecule has 9 heteroatoms. The highest BCUT2D eigenvalue weighted by molar-refractivity contribution is 5.98. The molecule has 1 aliphatic heterocycles. The van der Waals surface area contributed by atoms with Crippen LogP contribution in [0.3, 0.4) is 0 Å². The first-order valence-electron chi connectivity index (χ1n) is 9.89. The Morgan fingerprint density at radius 2 is 2.00 bits per heavy atom. The van der Waals surface area contributed by atoms with Crippen LogP contribution in [0.4, 0.5) is 14.9 Å². The monoisotopic (exact) mass is 403 g/mol. The molecule has 1 aliphatic carbocycles. The Morgan fingerprint density at radius 3 is 2.69 bits per heavy atom. The van der Waals surface area contributed by atoms with E-state index < -0.39 is 11.4 Å². The predicted octanol–water partition coefficient (Wildman–Crippen LogP) is 2.78. The summed E-state index contributed by atoms with van der Waals surface area (Å²) in [6, 6.07) is 0.910. The molecule has 1 fully saturated rings. The largest absolute Gasteiger partial charge is 0.439 e. The first kappa shape index (κ1) is 19.6. The molecular weight excluding hydrogens is 377 g/mol. The molecule has 1 aromatic heterocycles. The third kappa shape index (κ3) is 3.55. The molecule has 1 saturated carbocycles. The highest BCUT2D eigenvalue weighted by Crippen LogP contribution is 2.47. The Bertz CT molecular complexity index is 965. The van der Waals surface area contributed by atoms with Gasteiger partial charge in [0.2, 0.25) is 11.8 Å². The fraction of sp³-hybridized carbons (Fsp3) is 0.550. The lowest BCUT2D eigenvalue weighted by Gasteiger charge is -2.42. The topological polar surface area (TPSA) is 90.7 Å². The van der Waals surface area contributed by atoms with Gasteiger partial charge in [0.15, 0.2) is 5.58 Å². The van der Waals surface area contributed by atoms with Crippen LogP contribution in [0.5, 0.6) is 0 Å². The van der Waals surface area contributed by atoms with Gasteiger partial charge in [0.25, 0.3) is 0 Å². The minimum absolute atomic E-state index is 0.0277. The van der Waals surface area contributed by atoms with Crippen LogP contribution in [0.2, 0.25) is 0 Å². The first-order valence-corrected chi connectivity index (χ1v) is 9.89. The van der Waals surface area contributed by atoms with Crippen molar-refractivity contribution in [2.45, 2.75) is 44.2 Å². The molecule has 0 bridgehead atoms. The van der Waals surface area contributed by atoms with Crippen molar-refractivity contribution in [1.82, 2.24) is 20.1 Å². The molecular formula is C20H26FN5O3. The SMILES string of the molecule is CN(CC(=O)N(C)C)Cc1nc2cc(F)c3c(c2o1)C1(CCCCC1)NC(=O)N3. The molecule has 8 nitrogen and oxygen atoms in total. The van der Waals surface area contributed by atoms with E-state index in [-0.39, 0.29) is 24.2 Å². The summed E-state index contributed by atoms with van der Waals surface area (Å²) in [5.74, 6) is -0.131. The fourth-order valence-electron chi connectivity index (χ4n) is 4.34. The van der Waals surface area contributed by atoms with Crippen molar-refractivity contribution < 1.29 is 18.4 Å². The Labute approximate surface area is 168 Å². The maximum absolute atomic E-state index is 14.9. The number of benzene rings is 1. The quantitative estimate of drug-likeness (QED) is 0.819. The van der Waals surface area contributed by atoms with E-state index in [1.807, 2.05) is 0 Å². The molecule has 0 unspecified atom stereocenters. The Kier molecular flexibility index (Phi) is 4.94. The van der Waals surface area contributed by atoms with E-state index in [0.717, 1.165) is 32.1 Å². The summed E-state index contributed by atoms with van der Waals surface area (Å²) in [6.07, 6.45) is 4.46. The molecule has 2 N–H and O–H groups in total. The predicted molar refractivity (Wildman–Crippen MR) is 106 cm³/mol. The van der Waals surface area contributed by atoms with Crippen LogP contribution >= 0.6 is 0 Å². The van der Waals surface area contributed by atoms with Gasteiger partial charge < -0.3 is 20.0 Å². The van der Waals surface area contributed by atoms with Crippen LogP contribution < -0.4 is 10.6 Å². The van der Waals surface area contributed by atoms with Gasteiger partial charge in [-0.3, -0.25) is 9.69 Å². The zero-order valence-electron chi connectivity index (χ0n) is 17.0.